The van der Waals surface area contributed by atoms with Crippen LogP contribution in [0.15, 0.2) is 48.5 Å². The molecule has 0 aliphatic heterocycles. The first kappa shape index (κ1) is 19.6. The van der Waals surface area contributed by atoms with Crippen molar-refractivity contribution in [3.63, 3.8) is 0 Å². The van der Waals surface area contributed by atoms with Crippen molar-refractivity contribution in [2.24, 2.45) is 0 Å². The van der Waals surface area contributed by atoms with E-state index in [-0.39, 0.29) is 24.7 Å². The number of hydrogen-bond acceptors (Lipinski definition) is 6. The number of benzene rings is 2. The molecule has 0 unspecified atom stereocenters. The molecule has 140 valence electrons. The van der Waals surface area contributed by atoms with Gasteiger partial charge in [-0.25, -0.2) is 0 Å². The van der Waals surface area contributed by atoms with Crippen molar-refractivity contribution < 1.29 is 24.0 Å². The Morgan fingerprint density at radius 1 is 1.04 bits per heavy atom. The molecule has 0 heterocycles. The van der Waals surface area contributed by atoms with Crippen LogP contribution in [0.2, 0.25) is 0 Å². The Morgan fingerprint density at radius 3 is 2.22 bits per heavy atom. The van der Waals surface area contributed by atoms with Gasteiger partial charge in [-0.2, -0.15) is 0 Å². The second kappa shape index (κ2) is 9.09. The minimum absolute atomic E-state index is 0.0538. The first-order valence-corrected chi connectivity index (χ1v) is 7.90. The SMILES string of the molecule is CC(=O)Nc1ccc(C(=O)NCC(=O)OCc2ccc([N+](=O)[O-])cc2)cc1. The predicted octanol–water partition coefficient (Wildman–Crippen LogP) is 2.03. The zero-order valence-electron chi connectivity index (χ0n) is 14.4. The average molecular weight is 371 g/mol. The molecule has 0 fully saturated rings. The number of nitro groups is 1. The standard InChI is InChI=1S/C18H17N3O6/c1-12(22)20-15-6-4-14(5-7-15)18(24)19-10-17(23)27-11-13-2-8-16(9-3-13)21(25)26/h2-9H,10-11H2,1H3,(H,19,24)(H,20,22). The van der Waals surface area contributed by atoms with Gasteiger partial charge in [0.05, 0.1) is 4.92 Å². The fourth-order valence-electron chi connectivity index (χ4n) is 2.09. The van der Waals surface area contributed by atoms with Crippen molar-refractivity contribution in [2.45, 2.75) is 13.5 Å². The summed E-state index contributed by atoms with van der Waals surface area (Å²) in [4.78, 5) is 44.7. The monoisotopic (exact) mass is 371 g/mol. The lowest BCUT2D eigenvalue weighted by molar-refractivity contribution is -0.384. The maximum absolute atomic E-state index is 12.0. The topological polar surface area (TPSA) is 128 Å². The fraction of sp³-hybridized carbons (Fsp3) is 0.167. The molecule has 2 amide bonds. The number of carbonyl (C=O) groups is 3. The molecule has 2 N–H and O–H groups in total. The number of amides is 2. The summed E-state index contributed by atoms with van der Waals surface area (Å²) >= 11 is 0. The molecule has 0 atom stereocenters. The van der Waals surface area contributed by atoms with E-state index < -0.39 is 16.8 Å². The minimum Gasteiger partial charge on any atom is -0.460 e. The Hall–Kier alpha value is -3.75. The Morgan fingerprint density at radius 2 is 1.67 bits per heavy atom. The molecule has 0 aliphatic carbocycles. The van der Waals surface area contributed by atoms with Crippen molar-refractivity contribution in [3.05, 3.63) is 69.8 Å². The van der Waals surface area contributed by atoms with Gasteiger partial charge in [0.2, 0.25) is 5.91 Å². The van der Waals surface area contributed by atoms with Crippen LogP contribution in [0.25, 0.3) is 0 Å². The maximum Gasteiger partial charge on any atom is 0.325 e. The van der Waals surface area contributed by atoms with E-state index in [1.54, 1.807) is 12.1 Å². The Labute approximate surface area is 154 Å². The lowest BCUT2D eigenvalue weighted by Crippen LogP contribution is -2.30. The number of hydrogen-bond donors (Lipinski definition) is 2. The summed E-state index contributed by atoms with van der Waals surface area (Å²) in [6, 6.07) is 11.8. The minimum atomic E-state index is -0.642. The first-order chi connectivity index (χ1) is 12.8. The molecule has 0 saturated carbocycles. The molecular formula is C18H17N3O6. The lowest BCUT2D eigenvalue weighted by Gasteiger charge is -2.07. The molecule has 0 aromatic heterocycles. The van der Waals surface area contributed by atoms with Gasteiger partial charge in [0.25, 0.3) is 11.6 Å². The summed E-state index contributed by atoms with van der Waals surface area (Å²) in [6.07, 6.45) is 0. The fourth-order valence-corrected chi connectivity index (χ4v) is 2.09. The van der Waals surface area contributed by atoms with Crippen LogP contribution in [0.3, 0.4) is 0 Å². The highest BCUT2D eigenvalue weighted by Crippen LogP contribution is 2.12. The molecular weight excluding hydrogens is 354 g/mol. The van der Waals surface area contributed by atoms with E-state index in [2.05, 4.69) is 10.6 Å². The Bertz CT molecular complexity index is 846. The molecule has 0 spiro atoms. The van der Waals surface area contributed by atoms with E-state index in [1.807, 2.05) is 0 Å². The van der Waals surface area contributed by atoms with Gasteiger partial charge < -0.3 is 15.4 Å². The quantitative estimate of drug-likeness (QED) is 0.435. The van der Waals surface area contributed by atoms with E-state index in [9.17, 15) is 24.5 Å². The molecule has 2 aromatic rings. The zero-order chi connectivity index (χ0) is 19.8. The molecule has 0 aliphatic rings. The van der Waals surface area contributed by atoms with Gasteiger partial charge in [-0.05, 0) is 42.0 Å². The van der Waals surface area contributed by atoms with Gasteiger partial charge in [0.1, 0.15) is 13.2 Å². The molecule has 2 aromatic carbocycles. The number of esters is 1. The summed E-state index contributed by atoms with van der Waals surface area (Å²) in [6.45, 7) is 1.00. The van der Waals surface area contributed by atoms with Crippen molar-refractivity contribution >= 4 is 29.2 Å². The van der Waals surface area contributed by atoms with Gasteiger partial charge in [-0.15, -0.1) is 0 Å². The second-order valence-electron chi connectivity index (χ2n) is 5.53. The Balaban J connectivity index is 1.78. The van der Waals surface area contributed by atoms with Crippen LogP contribution in [0.1, 0.15) is 22.8 Å². The third-order valence-electron chi connectivity index (χ3n) is 3.41. The molecule has 0 bridgehead atoms. The molecule has 2 rings (SSSR count). The van der Waals surface area contributed by atoms with Crippen LogP contribution >= 0.6 is 0 Å². The van der Waals surface area contributed by atoms with Crippen LogP contribution in [0, 0.1) is 10.1 Å². The van der Waals surface area contributed by atoms with Gasteiger partial charge in [0.15, 0.2) is 0 Å². The molecule has 0 radical (unpaired) electrons. The van der Waals surface area contributed by atoms with E-state index in [0.29, 0.717) is 16.8 Å². The van der Waals surface area contributed by atoms with Gasteiger partial charge >= 0.3 is 5.97 Å². The van der Waals surface area contributed by atoms with Crippen molar-refractivity contribution in [1.29, 1.82) is 0 Å². The number of nitrogens with zero attached hydrogens (tertiary/aromatic N) is 1. The number of ether oxygens (including phenoxy) is 1. The van der Waals surface area contributed by atoms with Crippen molar-refractivity contribution in [1.82, 2.24) is 5.32 Å². The van der Waals surface area contributed by atoms with Crippen LogP contribution in [0.5, 0.6) is 0 Å². The number of non-ortho nitro benzene ring substituents is 1. The second-order valence-corrected chi connectivity index (χ2v) is 5.53. The van der Waals surface area contributed by atoms with E-state index in [1.165, 1.54) is 43.3 Å². The summed E-state index contributed by atoms with van der Waals surface area (Å²) in [7, 11) is 0. The molecule has 0 saturated heterocycles. The van der Waals surface area contributed by atoms with Gasteiger partial charge in [-0.3, -0.25) is 24.5 Å². The normalized spacial score (nSPS) is 9.96. The largest absolute Gasteiger partial charge is 0.460 e. The van der Waals surface area contributed by atoms with Crippen LogP contribution in [0.4, 0.5) is 11.4 Å². The summed E-state index contributed by atoms with van der Waals surface area (Å²) in [5, 5.41) is 15.6. The van der Waals surface area contributed by atoms with Crippen LogP contribution in [-0.4, -0.2) is 29.3 Å². The molecule has 9 heteroatoms. The molecule has 27 heavy (non-hydrogen) atoms. The number of anilines is 1. The van der Waals surface area contributed by atoms with Gasteiger partial charge in [0, 0.05) is 30.3 Å². The van der Waals surface area contributed by atoms with E-state index in [4.69, 9.17) is 4.74 Å². The highest BCUT2D eigenvalue weighted by Gasteiger charge is 2.10. The number of rotatable bonds is 7. The lowest BCUT2D eigenvalue weighted by atomic mass is 10.2. The van der Waals surface area contributed by atoms with E-state index >= 15 is 0 Å². The van der Waals surface area contributed by atoms with Gasteiger partial charge in [-0.1, -0.05) is 0 Å². The molecule has 9 nitrogen and oxygen atoms in total. The number of carbonyl (C=O) groups excluding carboxylic acids is 3. The summed E-state index contributed by atoms with van der Waals surface area (Å²) in [5.74, 6) is -1.32. The Kier molecular flexibility index (Phi) is 6.59. The summed E-state index contributed by atoms with van der Waals surface area (Å²) < 4.78 is 5.01. The maximum atomic E-state index is 12.0. The highest BCUT2D eigenvalue weighted by molar-refractivity contribution is 5.96. The highest BCUT2D eigenvalue weighted by atomic mass is 16.6. The van der Waals surface area contributed by atoms with Crippen molar-refractivity contribution in [2.75, 3.05) is 11.9 Å². The third kappa shape index (κ3) is 6.24. The first-order valence-electron chi connectivity index (χ1n) is 7.90. The van der Waals surface area contributed by atoms with E-state index in [0.717, 1.165) is 0 Å². The van der Waals surface area contributed by atoms with Crippen LogP contribution < -0.4 is 10.6 Å². The number of nitro benzene ring substituents is 1. The third-order valence-corrected chi connectivity index (χ3v) is 3.41. The number of nitrogens with one attached hydrogen (secondary N) is 2. The summed E-state index contributed by atoms with van der Waals surface area (Å²) in [5.41, 5.74) is 1.42. The van der Waals surface area contributed by atoms with Crippen LogP contribution in [-0.2, 0) is 20.9 Å². The predicted molar refractivity (Wildman–Crippen MR) is 96.0 cm³/mol. The smallest absolute Gasteiger partial charge is 0.325 e. The zero-order valence-corrected chi connectivity index (χ0v) is 14.4. The van der Waals surface area contributed by atoms with Crippen molar-refractivity contribution in [3.8, 4) is 0 Å². The average Bonchev–Trinajstić information content (AvgIpc) is 2.65.